The lowest BCUT2D eigenvalue weighted by molar-refractivity contribution is -0.129. The zero-order chi connectivity index (χ0) is 11.5. The second-order valence-electron chi connectivity index (χ2n) is 3.23. The molecule has 0 bridgehead atoms. The van der Waals surface area contributed by atoms with Crippen LogP contribution in [0.3, 0.4) is 0 Å². The molecule has 1 N–H and O–H groups in total. The molecule has 82 valence electrons. The van der Waals surface area contributed by atoms with E-state index in [0.29, 0.717) is 28.0 Å². The van der Waals surface area contributed by atoms with E-state index in [1.54, 1.807) is 18.2 Å². The number of nitrogens with one attached hydrogen (secondary N) is 1. The number of halogens is 1. The summed E-state index contributed by atoms with van der Waals surface area (Å²) in [6, 6.07) is 6.57. The van der Waals surface area contributed by atoms with E-state index < -0.39 is 0 Å². The van der Waals surface area contributed by atoms with Gasteiger partial charge in [0.2, 0.25) is 5.56 Å². The molecule has 0 atom stereocenters. The number of rotatable bonds is 3. The first-order valence-corrected chi connectivity index (χ1v) is 4.96. The molecule has 1 aromatic heterocycles. The van der Waals surface area contributed by atoms with E-state index in [9.17, 15) is 9.59 Å². The third kappa shape index (κ3) is 1.92. The van der Waals surface area contributed by atoms with E-state index in [1.165, 1.54) is 6.07 Å². The molecule has 4 nitrogen and oxygen atoms in total. The van der Waals surface area contributed by atoms with Gasteiger partial charge in [-0.3, -0.25) is 9.59 Å². The molecular formula is C11H8ClNO3. The third-order valence-electron chi connectivity index (χ3n) is 2.20. The average molecular weight is 238 g/mol. The number of carbonyl (C=O) groups excluding carboxylic acids is 1. The van der Waals surface area contributed by atoms with Crippen molar-refractivity contribution >= 4 is 29.0 Å². The lowest BCUT2D eigenvalue weighted by Crippen LogP contribution is -2.07. The predicted octanol–water partition coefficient (Wildman–Crippen LogP) is 1.85. The molecule has 0 aliphatic heterocycles. The Labute approximate surface area is 95.8 Å². The smallest absolute Gasteiger partial charge is 0.293 e. The van der Waals surface area contributed by atoms with Gasteiger partial charge >= 0.3 is 0 Å². The van der Waals surface area contributed by atoms with Crippen LogP contribution in [0.2, 0.25) is 5.02 Å². The standard InChI is InChI=1S/C11H8ClNO3/c12-8-2-1-3-9-11(8)7(5-16-6-14)4-10(15)13-9/h1-4,6H,5H2,(H,13,15). The maximum atomic E-state index is 11.3. The minimum absolute atomic E-state index is 0.0354. The van der Waals surface area contributed by atoms with Crippen LogP contribution < -0.4 is 5.56 Å². The summed E-state index contributed by atoms with van der Waals surface area (Å²) in [5.74, 6) is 0. The second-order valence-corrected chi connectivity index (χ2v) is 3.64. The fraction of sp³-hybridized carbons (Fsp3) is 0.0909. The van der Waals surface area contributed by atoms with Crippen molar-refractivity contribution in [3.63, 3.8) is 0 Å². The fourth-order valence-corrected chi connectivity index (χ4v) is 1.89. The van der Waals surface area contributed by atoms with Crippen LogP contribution in [0.25, 0.3) is 10.9 Å². The summed E-state index contributed by atoms with van der Waals surface area (Å²) in [5.41, 5.74) is 0.972. The van der Waals surface area contributed by atoms with Crippen molar-refractivity contribution in [1.29, 1.82) is 0 Å². The number of pyridine rings is 1. The summed E-state index contributed by atoms with van der Waals surface area (Å²) in [6.45, 7) is 0.373. The Morgan fingerprint density at radius 3 is 3.00 bits per heavy atom. The molecule has 0 radical (unpaired) electrons. The first-order chi connectivity index (χ1) is 7.72. The summed E-state index contributed by atoms with van der Waals surface area (Å²) in [6.07, 6.45) is 0. The number of hydrogen-bond donors (Lipinski definition) is 1. The van der Waals surface area contributed by atoms with Crippen LogP contribution in [-0.2, 0) is 16.1 Å². The van der Waals surface area contributed by atoms with Crippen molar-refractivity contribution in [3.05, 3.63) is 45.2 Å². The second kappa shape index (κ2) is 4.37. The first-order valence-electron chi connectivity index (χ1n) is 4.58. The monoisotopic (exact) mass is 237 g/mol. The summed E-state index contributed by atoms with van der Waals surface area (Å²) in [7, 11) is 0. The largest absolute Gasteiger partial charge is 0.463 e. The highest BCUT2D eigenvalue weighted by molar-refractivity contribution is 6.35. The van der Waals surface area contributed by atoms with Crippen LogP contribution in [0.15, 0.2) is 29.1 Å². The Morgan fingerprint density at radius 2 is 2.25 bits per heavy atom. The highest BCUT2D eigenvalue weighted by Crippen LogP contribution is 2.24. The molecule has 5 heteroatoms. The normalized spacial score (nSPS) is 10.3. The number of benzene rings is 1. The van der Waals surface area contributed by atoms with Gasteiger partial charge in [-0.25, -0.2) is 0 Å². The summed E-state index contributed by atoms with van der Waals surface area (Å²) < 4.78 is 4.65. The molecule has 0 unspecified atom stereocenters. The minimum atomic E-state index is -0.251. The zero-order valence-electron chi connectivity index (χ0n) is 8.20. The predicted molar refractivity (Wildman–Crippen MR) is 60.4 cm³/mol. The van der Waals surface area contributed by atoms with E-state index in [2.05, 4.69) is 9.72 Å². The maximum absolute atomic E-state index is 11.3. The van der Waals surface area contributed by atoms with Gasteiger partial charge in [-0.05, 0) is 12.1 Å². The zero-order valence-corrected chi connectivity index (χ0v) is 8.95. The van der Waals surface area contributed by atoms with Crippen LogP contribution in [-0.4, -0.2) is 11.5 Å². The van der Waals surface area contributed by atoms with Gasteiger partial charge in [0.05, 0.1) is 10.5 Å². The summed E-state index contributed by atoms with van der Waals surface area (Å²) in [5, 5.41) is 1.21. The van der Waals surface area contributed by atoms with Crippen molar-refractivity contribution in [2.45, 2.75) is 6.61 Å². The highest BCUT2D eigenvalue weighted by atomic mass is 35.5. The van der Waals surface area contributed by atoms with E-state index in [4.69, 9.17) is 11.6 Å². The van der Waals surface area contributed by atoms with Crippen molar-refractivity contribution in [2.24, 2.45) is 0 Å². The van der Waals surface area contributed by atoms with Gasteiger partial charge in [0.1, 0.15) is 6.61 Å². The third-order valence-corrected chi connectivity index (χ3v) is 2.52. The van der Waals surface area contributed by atoms with E-state index >= 15 is 0 Å². The van der Waals surface area contributed by atoms with Crippen LogP contribution in [0.1, 0.15) is 5.56 Å². The van der Waals surface area contributed by atoms with Crippen molar-refractivity contribution in [3.8, 4) is 0 Å². The van der Waals surface area contributed by atoms with E-state index in [1.807, 2.05) is 0 Å². The summed E-state index contributed by atoms with van der Waals surface area (Å²) in [4.78, 5) is 24.1. The van der Waals surface area contributed by atoms with Gasteiger partial charge in [0, 0.05) is 17.0 Å². The fourth-order valence-electron chi connectivity index (χ4n) is 1.59. The Bertz CT molecular complexity index is 591. The number of aromatic amines is 1. The van der Waals surface area contributed by atoms with Gasteiger partial charge in [-0.15, -0.1) is 0 Å². The molecule has 1 aromatic carbocycles. The number of H-pyrrole nitrogens is 1. The summed E-state index contributed by atoms with van der Waals surface area (Å²) >= 11 is 6.03. The molecule has 0 aliphatic rings. The quantitative estimate of drug-likeness (QED) is 0.829. The van der Waals surface area contributed by atoms with Gasteiger partial charge in [0.25, 0.3) is 6.47 Å². The van der Waals surface area contributed by atoms with Crippen LogP contribution in [0.4, 0.5) is 0 Å². The van der Waals surface area contributed by atoms with Gasteiger partial charge < -0.3 is 9.72 Å². The van der Waals surface area contributed by atoms with Gasteiger partial charge in [-0.1, -0.05) is 17.7 Å². The van der Waals surface area contributed by atoms with Gasteiger partial charge in [0.15, 0.2) is 0 Å². The maximum Gasteiger partial charge on any atom is 0.293 e. The minimum Gasteiger partial charge on any atom is -0.463 e. The molecule has 0 saturated carbocycles. The molecule has 0 spiro atoms. The Morgan fingerprint density at radius 1 is 1.44 bits per heavy atom. The molecule has 16 heavy (non-hydrogen) atoms. The lowest BCUT2D eigenvalue weighted by atomic mass is 10.1. The molecule has 0 fully saturated rings. The number of aromatic nitrogens is 1. The Kier molecular flexibility index (Phi) is 2.92. The lowest BCUT2D eigenvalue weighted by Gasteiger charge is -2.06. The Hall–Kier alpha value is -1.81. The van der Waals surface area contributed by atoms with E-state index in [-0.39, 0.29) is 12.2 Å². The van der Waals surface area contributed by atoms with Crippen LogP contribution in [0, 0.1) is 0 Å². The molecule has 1 heterocycles. The number of ether oxygens (including phenoxy) is 1. The SMILES string of the molecule is O=COCc1cc(=O)[nH]c2cccc(Cl)c12. The van der Waals surface area contributed by atoms with E-state index in [0.717, 1.165) is 0 Å². The van der Waals surface area contributed by atoms with Crippen LogP contribution >= 0.6 is 11.6 Å². The van der Waals surface area contributed by atoms with Gasteiger partial charge in [-0.2, -0.15) is 0 Å². The topological polar surface area (TPSA) is 59.2 Å². The average Bonchev–Trinajstić information content (AvgIpc) is 2.25. The number of carbonyl (C=O) groups is 1. The molecule has 0 aliphatic carbocycles. The number of fused-ring (bicyclic) bond motifs is 1. The molecular weight excluding hydrogens is 230 g/mol. The molecule has 0 saturated heterocycles. The van der Waals surface area contributed by atoms with Crippen molar-refractivity contribution in [1.82, 2.24) is 4.98 Å². The number of hydrogen-bond acceptors (Lipinski definition) is 3. The van der Waals surface area contributed by atoms with Crippen molar-refractivity contribution in [2.75, 3.05) is 0 Å². The highest BCUT2D eigenvalue weighted by Gasteiger charge is 2.07. The first kappa shape index (κ1) is 10.7. The molecule has 2 aromatic rings. The Balaban J connectivity index is 2.69. The molecule has 0 amide bonds. The van der Waals surface area contributed by atoms with Crippen LogP contribution in [0.5, 0.6) is 0 Å². The van der Waals surface area contributed by atoms with Crippen molar-refractivity contribution < 1.29 is 9.53 Å². The molecule has 2 rings (SSSR count).